The number of nitrogens with zero attached hydrogens (tertiary/aromatic N) is 1. The van der Waals surface area contributed by atoms with Crippen molar-refractivity contribution < 1.29 is 29.0 Å². The molecule has 0 spiro atoms. The smallest absolute Gasteiger partial charge is 0.400 e. The molecule has 100 valence electrons. The van der Waals surface area contributed by atoms with E-state index < -0.39 is 22.5 Å². The summed E-state index contributed by atoms with van der Waals surface area (Å²) in [5.41, 5.74) is -0.838. The van der Waals surface area contributed by atoms with Crippen LogP contribution in [0.1, 0.15) is 12.1 Å². The zero-order valence-electron chi connectivity index (χ0n) is 9.44. The minimum atomic E-state index is -0.857. The van der Waals surface area contributed by atoms with Crippen molar-refractivity contribution in [1.29, 1.82) is 0 Å². The van der Waals surface area contributed by atoms with Crippen LogP contribution in [0.2, 0.25) is 0 Å². The molecule has 1 aliphatic rings. The standard InChI is InChI=1S/C10H13NO7/c12-3-10(4-13)5-16-9(17-6-10)7-1-2-8(18-7)11(14)15/h1-2,9,12-13H,3-6H2. The first kappa shape index (κ1) is 13.0. The van der Waals surface area contributed by atoms with Gasteiger partial charge >= 0.3 is 5.88 Å². The quantitative estimate of drug-likeness (QED) is 0.586. The van der Waals surface area contributed by atoms with Crippen LogP contribution < -0.4 is 0 Å². The summed E-state index contributed by atoms with van der Waals surface area (Å²) < 4.78 is 15.5. The summed E-state index contributed by atoms with van der Waals surface area (Å²) in [6.45, 7) is -0.374. The van der Waals surface area contributed by atoms with Gasteiger partial charge in [0.1, 0.15) is 4.92 Å². The van der Waals surface area contributed by atoms with Crippen LogP contribution in [0.3, 0.4) is 0 Å². The van der Waals surface area contributed by atoms with E-state index in [-0.39, 0.29) is 32.2 Å². The van der Waals surface area contributed by atoms with E-state index >= 15 is 0 Å². The van der Waals surface area contributed by atoms with Gasteiger partial charge in [-0.1, -0.05) is 0 Å². The fraction of sp³-hybridized carbons (Fsp3) is 0.600. The lowest BCUT2D eigenvalue weighted by atomic mass is 9.92. The highest BCUT2D eigenvalue weighted by molar-refractivity contribution is 5.18. The third-order valence-corrected chi connectivity index (χ3v) is 2.78. The molecule has 0 amide bonds. The van der Waals surface area contributed by atoms with E-state index in [9.17, 15) is 10.1 Å². The predicted molar refractivity (Wildman–Crippen MR) is 56.6 cm³/mol. The number of rotatable bonds is 4. The van der Waals surface area contributed by atoms with E-state index in [1.54, 1.807) is 0 Å². The summed E-state index contributed by atoms with van der Waals surface area (Å²) >= 11 is 0. The average molecular weight is 259 g/mol. The lowest BCUT2D eigenvalue weighted by Gasteiger charge is -2.36. The van der Waals surface area contributed by atoms with Crippen molar-refractivity contribution in [3.8, 4) is 0 Å². The molecule has 1 saturated heterocycles. The summed E-state index contributed by atoms with van der Waals surface area (Å²) in [4.78, 5) is 9.80. The molecule has 1 aliphatic heterocycles. The van der Waals surface area contributed by atoms with Gasteiger partial charge in [0.2, 0.25) is 6.29 Å². The van der Waals surface area contributed by atoms with Crippen LogP contribution in [0.5, 0.6) is 0 Å². The van der Waals surface area contributed by atoms with Crippen LogP contribution >= 0.6 is 0 Å². The number of aliphatic hydroxyl groups is 2. The van der Waals surface area contributed by atoms with Crippen molar-refractivity contribution >= 4 is 5.88 Å². The topological polar surface area (TPSA) is 115 Å². The molecular formula is C10H13NO7. The van der Waals surface area contributed by atoms with Crippen LogP contribution in [-0.4, -0.2) is 41.6 Å². The molecular weight excluding hydrogens is 246 g/mol. The molecule has 0 bridgehead atoms. The number of hydrogen-bond acceptors (Lipinski definition) is 7. The summed E-state index contributed by atoms with van der Waals surface area (Å²) in [7, 11) is 0. The Morgan fingerprint density at radius 1 is 1.33 bits per heavy atom. The lowest BCUT2D eigenvalue weighted by Crippen LogP contribution is -2.44. The molecule has 18 heavy (non-hydrogen) atoms. The lowest BCUT2D eigenvalue weighted by molar-refractivity contribution is -0.403. The van der Waals surface area contributed by atoms with E-state index in [0.29, 0.717) is 0 Å². The van der Waals surface area contributed by atoms with Crippen LogP contribution in [0.4, 0.5) is 5.88 Å². The molecule has 1 fully saturated rings. The fourth-order valence-electron chi connectivity index (χ4n) is 1.56. The summed E-state index contributed by atoms with van der Waals surface area (Å²) in [6.07, 6.45) is -0.857. The number of ether oxygens (including phenoxy) is 2. The van der Waals surface area contributed by atoms with Crippen LogP contribution in [0, 0.1) is 15.5 Å². The van der Waals surface area contributed by atoms with E-state index in [0.717, 1.165) is 0 Å². The summed E-state index contributed by atoms with van der Waals surface area (Å²) in [6, 6.07) is 2.61. The number of aliphatic hydroxyl groups excluding tert-OH is 2. The van der Waals surface area contributed by atoms with Crippen molar-refractivity contribution in [2.45, 2.75) is 6.29 Å². The SMILES string of the molecule is O=[N+]([O-])c1ccc(C2OCC(CO)(CO)CO2)o1. The van der Waals surface area contributed by atoms with Crippen molar-refractivity contribution in [2.75, 3.05) is 26.4 Å². The van der Waals surface area contributed by atoms with Gasteiger partial charge in [-0.25, -0.2) is 0 Å². The average Bonchev–Trinajstić information content (AvgIpc) is 2.88. The maximum absolute atomic E-state index is 10.5. The van der Waals surface area contributed by atoms with E-state index in [4.69, 9.17) is 24.1 Å². The van der Waals surface area contributed by atoms with Gasteiger partial charge in [-0.3, -0.25) is 10.1 Å². The molecule has 0 aliphatic carbocycles. The molecule has 0 unspecified atom stereocenters. The molecule has 2 rings (SSSR count). The van der Waals surface area contributed by atoms with Gasteiger partial charge in [0.15, 0.2) is 5.76 Å². The molecule has 1 aromatic heterocycles. The Morgan fingerprint density at radius 2 is 1.94 bits per heavy atom. The van der Waals surface area contributed by atoms with Crippen LogP contribution in [0.25, 0.3) is 0 Å². The highest BCUT2D eigenvalue weighted by atomic mass is 16.7. The highest BCUT2D eigenvalue weighted by Gasteiger charge is 2.38. The molecule has 1 aromatic rings. The van der Waals surface area contributed by atoms with E-state index in [1.165, 1.54) is 12.1 Å². The van der Waals surface area contributed by atoms with Gasteiger partial charge in [0, 0.05) is 0 Å². The summed E-state index contributed by atoms with van der Waals surface area (Å²) in [5.74, 6) is -0.204. The zero-order chi connectivity index (χ0) is 13.2. The Balaban J connectivity index is 2.02. The second-order valence-corrected chi connectivity index (χ2v) is 4.20. The molecule has 0 aromatic carbocycles. The maximum Gasteiger partial charge on any atom is 0.433 e. The molecule has 0 atom stereocenters. The summed E-state index contributed by atoms with van der Waals surface area (Å²) in [5, 5.41) is 28.7. The fourth-order valence-corrected chi connectivity index (χ4v) is 1.56. The minimum absolute atomic E-state index is 0.0825. The Hall–Kier alpha value is -1.48. The molecule has 0 radical (unpaired) electrons. The zero-order valence-corrected chi connectivity index (χ0v) is 9.44. The van der Waals surface area contributed by atoms with Crippen molar-refractivity contribution in [1.82, 2.24) is 0 Å². The van der Waals surface area contributed by atoms with E-state index in [2.05, 4.69) is 0 Å². The van der Waals surface area contributed by atoms with Gasteiger partial charge in [0.25, 0.3) is 0 Å². The normalized spacial score (nSPS) is 19.9. The molecule has 0 saturated carbocycles. The van der Waals surface area contributed by atoms with Gasteiger partial charge in [0.05, 0.1) is 37.9 Å². The number of nitro groups is 1. The molecule has 8 nitrogen and oxygen atoms in total. The third-order valence-electron chi connectivity index (χ3n) is 2.78. The van der Waals surface area contributed by atoms with Crippen molar-refractivity contribution in [2.24, 2.45) is 5.41 Å². The van der Waals surface area contributed by atoms with Gasteiger partial charge < -0.3 is 24.1 Å². The largest absolute Gasteiger partial charge is 0.433 e. The second-order valence-electron chi connectivity index (χ2n) is 4.20. The van der Waals surface area contributed by atoms with Gasteiger partial charge in [-0.05, 0) is 6.07 Å². The predicted octanol–water partition coefficient (Wildman–Crippen LogP) is 0.204. The molecule has 8 heteroatoms. The maximum atomic E-state index is 10.5. The van der Waals surface area contributed by atoms with Crippen molar-refractivity contribution in [3.63, 3.8) is 0 Å². The minimum Gasteiger partial charge on any atom is -0.400 e. The Kier molecular flexibility index (Phi) is 3.62. The van der Waals surface area contributed by atoms with E-state index in [1.807, 2.05) is 0 Å². The highest BCUT2D eigenvalue weighted by Crippen LogP contribution is 2.33. The Morgan fingerprint density at radius 3 is 2.39 bits per heavy atom. The third kappa shape index (κ3) is 2.36. The van der Waals surface area contributed by atoms with Gasteiger partial charge in [-0.15, -0.1) is 0 Å². The van der Waals surface area contributed by atoms with Crippen molar-refractivity contribution in [3.05, 3.63) is 28.0 Å². The van der Waals surface area contributed by atoms with Crippen LogP contribution in [-0.2, 0) is 9.47 Å². The van der Waals surface area contributed by atoms with Crippen LogP contribution in [0.15, 0.2) is 16.5 Å². The number of hydrogen-bond donors (Lipinski definition) is 2. The Labute approximate surface area is 102 Å². The molecule has 2 heterocycles. The first-order valence-electron chi connectivity index (χ1n) is 5.29. The number of furan rings is 1. The first-order valence-corrected chi connectivity index (χ1v) is 5.29. The first-order chi connectivity index (χ1) is 8.60. The van der Waals surface area contributed by atoms with Gasteiger partial charge in [-0.2, -0.15) is 0 Å². The molecule has 2 N–H and O–H groups in total. The monoisotopic (exact) mass is 259 g/mol. The Bertz CT molecular complexity index is 416. The second kappa shape index (κ2) is 5.02.